The Morgan fingerprint density at radius 3 is 2.20 bits per heavy atom. The number of para-hydroxylation sites is 2. The molecule has 4 heteroatoms. The molecule has 0 amide bonds. The highest BCUT2D eigenvalue weighted by molar-refractivity contribution is 5.61. The number of hydrogen-bond donors (Lipinski definition) is 0. The predicted molar refractivity (Wildman–Crippen MR) is 166 cm³/mol. The van der Waals surface area contributed by atoms with E-state index in [0.29, 0.717) is 12.1 Å². The zero-order chi connectivity index (χ0) is 27.1. The fraction of sp³-hybridized carbons (Fsp3) is 0.333. The van der Waals surface area contributed by atoms with Crippen LogP contribution in [0.3, 0.4) is 0 Å². The lowest BCUT2D eigenvalue weighted by Gasteiger charge is -2.48. The SMILES string of the molecule is CN1CCN(c2ccccc2C[N+]2(C)CCN3c4ccccc4Cc4ccccc4C3C2)C(c2ccccc2)C1. The van der Waals surface area contributed by atoms with E-state index in [1.54, 1.807) is 0 Å². The zero-order valence-corrected chi connectivity index (χ0v) is 23.9. The van der Waals surface area contributed by atoms with Gasteiger partial charge in [0.1, 0.15) is 19.1 Å². The number of hydrogen-bond acceptors (Lipinski definition) is 3. The number of fused-ring (bicyclic) bond motifs is 5. The van der Waals surface area contributed by atoms with Crippen LogP contribution in [0.25, 0.3) is 0 Å². The van der Waals surface area contributed by atoms with Gasteiger partial charge in [0, 0.05) is 36.6 Å². The van der Waals surface area contributed by atoms with Crippen molar-refractivity contribution in [3.63, 3.8) is 0 Å². The Kier molecular flexibility index (Phi) is 6.61. The molecule has 4 aromatic carbocycles. The van der Waals surface area contributed by atoms with Gasteiger partial charge in [-0.25, -0.2) is 0 Å². The molecule has 3 atom stereocenters. The molecule has 3 unspecified atom stereocenters. The molecular formula is C36H41N4+. The molecule has 204 valence electrons. The molecule has 0 spiro atoms. The minimum Gasteiger partial charge on any atom is -0.362 e. The maximum Gasteiger partial charge on any atom is 0.106 e. The van der Waals surface area contributed by atoms with Gasteiger partial charge in [0.15, 0.2) is 0 Å². The largest absolute Gasteiger partial charge is 0.362 e. The second-order valence-corrected chi connectivity index (χ2v) is 12.4. The molecule has 2 saturated heterocycles. The summed E-state index contributed by atoms with van der Waals surface area (Å²) in [6.45, 7) is 7.59. The van der Waals surface area contributed by atoms with Crippen molar-refractivity contribution in [2.24, 2.45) is 0 Å². The number of piperazine rings is 2. The molecule has 0 bridgehead atoms. The third-order valence-electron chi connectivity index (χ3n) is 9.59. The number of benzene rings is 4. The van der Waals surface area contributed by atoms with Crippen molar-refractivity contribution in [3.05, 3.63) is 131 Å². The molecule has 0 radical (unpaired) electrons. The smallest absolute Gasteiger partial charge is 0.106 e. The summed E-state index contributed by atoms with van der Waals surface area (Å²) >= 11 is 0. The highest BCUT2D eigenvalue weighted by Crippen LogP contribution is 2.42. The summed E-state index contributed by atoms with van der Waals surface area (Å²) in [6, 6.07) is 39.4. The number of rotatable bonds is 4. The van der Waals surface area contributed by atoms with Gasteiger partial charge in [-0.15, -0.1) is 0 Å². The van der Waals surface area contributed by atoms with Crippen LogP contribution in [0.1, 0.15) is 39.9 Å². The molecular weight excluding hydrogens is 488 g/mol. The Bertz CT molecular complexity index is 1480. The highest BCUT2D eigenvalue weighted by Gasteiger charge is 2.41. The Morgan fingerprint density at radius 1 is 0.675 bits per heavy atom. The second kappa shape index (κ2) is 10.4. The molecule has 0 N–H and O–H groups in total. The van der Waals surface area contributed by atoms with E-state index in [2.05, 4.69) is 132 Å². The van der Waals surface area contributed by atoms with Gasteiger partial charge in [-0.3, -0.25) is 0 Å². The summed E-state index contributed by atoms with van der Waals surface area (Å²) in [5.74, 6) is 0. The maximum absolute atomic E-state index is 2.71. The van der Waals surface area contributed by atoms with Crippen molar-refractivity contribution in [1.29, 1.82) is 0 Å². The number of nitrogens with zero attached hydrogens (tertiary/aromatic N) is 4. The van der Waals surface area contributed by atoms with E-state index in [4.69, 9.17) is 0 Å². The molecule has 2 fully saturated rings. The van der Waals surface area contributed by atoms with Crippen LogP contribution in [0.4, 0.5) is 11.4 Å². The van der Waals surface area contributed by atoms with E-state index >= 15 is 0 Å². The van der Waals surface area contributed by atoms with E-state index < -0.39 is 0 Å². The minimum atomic E-state index is 0.369. The van der Waals surface area contributed by atoms with Gasteiger partial charge >= 0.3 is 0 Å². The van der Waals surface area contributed by atoms with E-state index in [0.717, 1.165) is 56.7 Å². The highest BCUT2D eigenvalue weighted by atomic mass is 15.4. The first-order valence-electron chi connectivity index (χ1n) is 14.9. The first kappa shape index (κ1) is 25.4. The molecule has 0 saturated carbocycles. The number of quaternary nitrogens is 1. The Morgan fingerprint density at radius 2 is 1.35 bits per heavy atom. The number of anilines is 2. The van der Waals surface area contributed by atoms with Crippen LogP contribution in [0, 0.1) is 0 Å². The maximum atomic E-state index is 2.71. The zero-order valence-electron chi connectivity index (χ0n) is 23.9. The lowest BCUT2D eigenvalue weighted by Crippen LogP contribution is -2.58. The van der Waals surface area contributed by atoms with Gasteiger partial charge in [0.25, 0.3) is 0 Å². The van der Waals surface area contributed by atoms with Gasteiger partial charge in [0.2, 0.25) is 0 Å². The van der Waals surface area contributed by atoms with Crippen LogP contribution in [-0.4, -0.2) is 62.7 Å². The standard InChI is InChI=1S/C36H41N4/c1-37-20-21-38(35(25-37)28-12-4-3-5-13-28)34-19-11-8-16-31(34)26-40(2)23-22-39-33-18-10-7-15-30(33)24-29-14-6-9-17-32(29)36(39)27-40/h3-19,35-36H,20-27H2,1-2H3/q+1. The predicted octanol–water partition coefficient (Wildman–Crippen LogP) is 6.29. The third-order valence-corrected chi connectivity index (χ3v) is 9.59. The Labute approximate surface area is 239 Å². The molecule has 0 aliphatic carbocycles. The Hall–Kier alpha value is -3.60. The molecule has 3 aliphatic rings. The molecule has 7 rings (SSSR count). The molecule has 40 heavy (non-hydrogen) atoms. The average Bonchev–Trinajstić information content (AvgIpc) is 3.12. The molecule has 3 aliphatic heterocycles. The summed E-state index contributed by atoms with van der Waals surface area (Å²) < 4.78 is 1.05. The molecule has 0 aromatic heterocycles. The average molecular weight is 530 g/mol. The molecule has 3 heterocycles. The van der Waals surface area contributed by atoms with Gasteiger partial charge < -0.3 is 19.2 Å². The van der Waals surface area contributed by atoms with Crippen molar-refractivity contribution >= 4 is 11.4 Å². The van der Waals surface area contributed by atoms with Gasteiger partial charge in [-0.1, -0.05) is 91.0 Å². The van der Waals surface area contributed by atoms with Gasteiger partial charge in [-0.2, -0.15) is 0 Å². The Balaban J connectivity index is 1.21. The van der Waals surface area contributed by atoms with Crippen molar-refractivity contribution in [2.75, 3.05) is 63.2 Å². The lowest BCUT2D eigenvalue weighted by atomic mass is 9.95. The van der Waals surface area contributed by atoms with Gasteiger partial charge in [0.05, 0.1) is 26.2 Å². The van der Waals surface area contributed by atoms with Crippen LogP contribution in [0.5, 0.6) is 0 Å². The normalized spacial score (nSPS) is 24.6. The quantitative estimate of drug-likeness (QED) is 0.288. The molecule has 4 nitrogen and oxygen atoms in total. The van der Waals surface area contributed by atoms with Crippen LogP contribution in [0.15, 0.2) is 103 Å². The third kappa shape index (κ3) is 4.70. The first-order valence-corrected chi connectivity index (χ1v) is 14.9. The molecule has 4 aromatic rings. The lowest BCUT2D eigenvalue weighted by molar-refractivity contribution is -0.926. The first-order chi connectivity index (χ1) is 19.6. The van der Waals surface area contributed by atoms with Crippen molar-refractivity contribution < 1.29 is 4.48 Å². The second-order valence-electron chi connectivity index (χ2n) is 12.4. The van der Waals surface area contributed by atoms with E-state index in [1.165, 1.54) is 39.2 Å². The van der Waals surface area contributed by atoms with Crippen LogP contribution < -0.4 is 9.80 Å². The van der Waals surface area contributed by atoms with Crippen molar-refractivity contribution in [1.82, 2.24) is 4.90 Å². The fourth-order valence-corrected chi connectivity index (χ4v) is 7.48. The summed E-state index contributed by atoms with van der Waals surface area (Å²) in [5.41, 5.74) is 10.2. The van der Waals surface area contributed by atoms with Gasteiger partial charge in [-0.05, 0) is 47.9 Å². The van der Waals surface area contributed by atoms with E-state index in [9.17, 15) is 0 Å². The van der Waals surface area contributed by atoms with Crippen molar-refractivity contribution in [3.8, 4) is 0 Å². The van der Waals surface area contributed by atoms with Crippen LogP contribution in [-0.2, 0) is 13.0 Å². The van der Waals surface area contributed by atoms with E-state index in [-0.39, 0.29) is 0 Å². The summed E-state index contributed by atoms with van der Waals surface area (Å²) in [7, 11) is 4.75. The summed E-state index contributed by atoms with van der Waals surface area (Å²) in [4.78, 5) is 7.87. The summed E-state index contributed by atoms with van der Waals surface area (Å²) in [6.07, 6.45) is 1.02. The van der Waals surface area contributed by atoms with E-state index in [1.807, 2.05) is 0 Å². The fourth-order valence-electron chi connectivity index (χ4n) is 7.48. The minimum absolute atomic E-state index is 0.369. The van der Waals surface area contributed by atoms with Crippen LogP contribution in [0.2, 0.25) is 0 Å². The topological polar surface area (TPSA) is 9.72 Å². The summed E-state index contributed by atoms with van der Waals surface area (Å²) in [5, 5.41) is 0. The van der Waals surface area contributed by atoms with Crippen molar-refractivity contribution in [2.45, 2.75) is 25.0 Å². The van der Waals surface area contributed by atoms with Crippen LogP contribution >= 0.6 is 0 Å². The monoisotopic (exact) mass is 529 g/mol. The number of likely N-dealkylation sites (N-methyl/N-ethyl adjacent to an activating group) is 2.